The van der Waals surface area contributed by atoms with Crippen LogP contribution in [0.25, 0.3) is 0 Å². The van der Waals surface area contributed by atoms with E-state index in [1.54, 1.807) is 30.3 Å². The van der Waals surface area contributed by atoms with E-state index in [1.165, 1.54) is 6.07 Å². The number of aliphatic hydroxyl groups is 1. The number of carbonyl (C=O) groups is 1. The van der Waals surface area contributed by atoms with Crippen LogP contribution in [0.1, 0.15) is 31.2 Å². The highest BCUT2D eigenvalue weighted by Crippen LogP contribution is 2.37. The van der Waals surface area contributed by atoms with Crippen molar-refractivity contribution >= 4 is 21.6 Å². The highest BCUT2D eigenvalue weighted by Gasteiger charge is 2.47. The van der Waals surface area contributed by atoms with E-state index >= 15 is 0 Å². The second-order valence-electron chi connectivity index (χ2n) is 11.4. The fraction of sp³-hybridized carbons (Fsp3) is 0.552. The van der Waals surface area contributed by atoms with Gasteiger partial charge < -0.3 is 24.8 Å². The van der Waals surface area contributed by atoms with Crippen molar-refractivity contribution in [3.8, 4) is 5.75 Å². The fourth-order valence-corrected chi connectivity index (χ4v) is 8.15. The molecule has 1 amide bonds. The minimum atomic E-state index is -4.14. The lowest BCUT2D eigenvalue weighted by Gasteiger charge is -2.43. The first-order chi connectivity index (χ1) is 19.7. The molecule has 0 radical (unpaired) electrons. The Labute approximate surface area is 240 Å². The molecule has 2 aromatic rings. The second kappa shape index (κ2) is 11.5. The molecule has 41 heavy (non-hydrogen) atoms. The van der Waals surface area contributed by atoms with Crippen molar-refractivity contribution in [1.29, 1.82) is 0 Å². The Hall–Kier alpha value is -2.77. The van der Waals surface area contributed by atoms with Crippen LogP contribution in [0.2, 0.25) is 0 Å². The number of hydrogen-bond acceptors (Lipinski definition) is 8. The van der Waals surface area contributed by atoms with E-state index in [9.17, 15) is 22.7 Å². The lowest BCUT2D eigenvalue weighted by molar-refractivity contribution is -0.127. The summed E-state index contributed by atoms with van der Waals surface area (Å²) in [5, 5.41) is 13.7. The number of piperidine rings is 1. The van der Waals surface area contributed by atoms with Crippen LogP contribution in [0.5, 0.6) is 5.75 Å². The summed E-state index contributed by atoms with van der Waals surface area (Å²) < 4.78 is 54.9. The van der Waals surface area contributed by atoms with Gasteiger partial charge in [0.25, 0.3) is 0 Å². The minimum Gasteiger partial charge on any atom is -0.492 e. The zero-order valence-corrected chi connectivity index (χ0v) is 23.8. The van der Waals surface area contributed by atoms with Crippen LogP contribution in [-0.4, -0.2) is 98.9 Å². The van der Waals surface area contributed by atoms with Gasteiger partial charge in [0.15, 0.2) is 0 Å². The molecule has 3 fully saturated rings. The van der Waals surface area contributed by atoms with Crippen LogP contribution >= 0.6 is 0 Å². The Balaban J connectivity index is 1.28. The molecule has 4 aliphatic heterocycles. The molecule has 0 unspecified atom stereocenters. The largest absolute Gasteiger partial charge is 0.492 e. The van der Waals surface area contributed by atoms with Crippen LogP contribution in [0.3, 0.4) is 0 Å². The van der Waals surface area contributed by atoms with Gasteiger partial charge in [0.05, 0.1) is 25.9 Å². The first kappa shape index (κ1) is 28.4. The molecule has 3 saturated heterocycles. The molecule has 2 N–H and O–H groups in total. The van der Waals surface area contributed by atoms with Gasteiger partial charge in [-0.1, -0.05) is 18.2 Å². The summed E-state index contributed by atoms with van der Waals surface area (Å²) in [5.41, 5.74) is 0.866. The number of carbonyl (C=O) groups excluding carboxylic acids is 1. The van der Waals surface area contributed by atoms with E-state index in [1.807, 2.05) is 6.07 Å². The first-order valence-corrected chi connectivity index (χ1v) is 15.8. The van der Waals surface area contributed by atoms with E-state index in [0.717, 1.165) is 9.99 Å². The monoisotopic (exact) mass is 588 g/mol. The molecule has 2 atom stereocenters. The Kier molecular flexibility index (Phi) is 7.94. The highest BCUT2D eigenvalue weighted by atomic mass is 32.2. The molecule has 0 saturated carbocycles. The van der Waals surface area contributed by atoms with Crippen LogP contribution in [0, 0.1) is 5.82 Å². The number of amides is 1. The van der Waals surface area contributed by atoms with E-state index < -0.39 is 33.6 Å². The predicted molar refractivity (Wildman–Crippen MR) is 150 cm³/mol. The quantitative estimate of drug-likeness (QED) is 0.558. The molecule has 10 nitrogen and oxygen atoms in total. The van der Waals surface area contributed by atoms with Crippen LogP contribution < -0.4 is 15.0 Å². The lowest BCUT2D eigenvalue weighted by atomic mass is 9.84. The minimum absolute atomic E-state index is 0.00272. The van der Waals surface area contributed by atoms with Crippen LogP contribution in [-0.2, 0) is 26.1 Å². The zero-order chi connectivity index (χ0) is 28.6. The van der Waals surface area contributed by atoms with Gasteiger partial charge in [-0.05, 0) is 31.0 Å². The predicted octanol–water partition coefficient (Wildman–Crippen LogP) is 1.72. The third-order valence-corrected chi connectivity index (χ3v) is 10.7. The Morgan fingerprint density at radius 1 is 1.02 bits per heavy atom. The number of likely N-dealkylation sites (tertiary alicyclic amines) is 1. The molecule has 0 aromatic heterocycles. The molecule has 4 aliphatic rings. The highest BCUT2D eigenvalue weighted by molar-refractivity contribution is 7.89. The van der Waals surface area contributed by atoms with E-state index in [0.29, 0.717) is 70.8 Å². The number of benzene rings is 2. The number of morpholine rings is 1. The van der Waals surface area contributed by atoms with Crippen molar-refractivity contribution in [2.45, 2.75) is 54.8 Å². The van der Waals surface area contributed by atoms with E-state index in [-0.39, 0.29) is 36.0 Å². The van der Waals surface area contributed by atoms with Gasteiger partial charge in [-0.25, -0.2) is 12.8 Å². The number of rotatable bonds is 3. The molecule has 0 aliphatic carbocycles. The van der Waals surface area contributed by atoms with Crippen molar-refractivity contribution < 1.29 is 32.2 Å². The lowest BCUT2D eigenvalue weighted by Crippen LogP contribution is -2.59. The number of fused-ring (bicyclic) bond motifs is 2. The number of nitrogens with one attached hydrogen (secondary N) is 1. The van der Waals surface area contributed by atoms with Crippen LogP contribution in [0.4, 0.5) is 10.1 Å². The maximum absolute atomic E-state index is 14.3. The van der Waals surface area contributed by atoms with Crippen molar-refractivity contribution in [3.05, 3.63) is 53.8 Å². The summed E-state index contributed by atoms with van der Waals surface area (Å²) in [7, 11) is -4.14. The molecular formula is C29H37FN4O6S. The normalized spacial score (nSPS) is 26.9. The van der Waals surface area contributed by atoms with E-state index in [2.05, 4.69) is 15.1 Å². The van der Waals surface area contributed by atoms with Crippen molar-refractivity contribution in [2.24, 2.45) is 0 Å². The Morgan fingerprint density at radius 3 is 2.54 bits per heavy atom. The maximum Gasteiger partial charge on any atom is 0.247 e. The topological polar surface area (TPSA) is 112 Å². The summed E-state index contributed by atoms with van der Waals surface area (Å²) in [6.45, 7) is 4.38. The third-order valence-electron chi connectivity index (χ3n) is 8.82. The first-order valence-electron chi connectivity index (χ1n) is 14.3. The van der Waals surface area contributed by atoms with Crippen molar-refractivity contribution in [2.75, 3.05) is 57.4 Å². The summed E-state index contributed by atoms with van der Waals surface area (Å²) >= 11 is 0. The molecule has 0 bridgehead atoms. The number of sulfonamides is 1. The van der Waals surface area contributed by atoms with Crippen molar-refractivity contribution in [1.82, 2.24) is 14.5 Å². The average molecular weight is 589 g/mol. The Bertz CT molecular complexity index is 1380. The number of ether oxygens (including phenoxy) is 2. The number of aliphatic hydroxyl groups excluding tert-OH is 1. The van der Waals surface area contributed by atoms with Gasteiger partial charge in [-0.2, -0.15) is 4.31 Å². The smallest absolute Gasteiger partial charge is 0.247 e. The summed E-state index contributed by atoms with van der Waals surface area (Å²) in [5.74, 6) is -0.391. The van der Waals surface area contributed by atoms with E-state index in [4.69, 9.17) is 9.47 Å². The molecule has 4 heterocycles. The zero-order valence-electron chi connectivity index (χ0n) is 23.0. The molecule has 2 aromatic carbocycles. The number of nitrogens with zero attached hydrogens (tertiary/aromatic N) is 3. The SMILES string of the molecule is O=C1NC2(CCOc3cc(N4CCOCC4)ccc3S(=O)(=O)N3C[C@H](O)C[C@@H]13)CCN(Cc1ccccc1F)CC2. The average Bonchev–Trinajstić information content (AvgIpc) is 3.38. The molecular weight excluding hydrogens is 551 g/mol. The number of halogens is 1. The third kappa shape index (κ3) is 5.80. The molecule has 12 heteroatoms. The molecule has 6 rings (SSSR count). The van der Waals surface area contributed by atoms with Gasteiger partial charge >= 0.3 is 0 Å². The number of hydrogen-bond donors (Lipinski definition) is 2. The van der Waals surface area contributed by atoms with Crippen LogP contribution in [0.15, 0.2) is 47.4 Å². The fourth-order valence-electron chi connectivity index (χ4n) is 6.40. The summed E-state index contributed by atoms with van der Waals surface area (Å²) in [6, 6.07) is 10.8. The second-order valence-corrected chi connectivity index (χ2v) is 13.3. The van der Waals surface area contributed by atoms with Gasteiger partial charge in [-0.15, -0.1) is 0 Å². The molecule has 1 spiro atoms. The maximum atomic E-state index is 14.3. The molecule has 222 valence electrons. The van der Waals surface area contributed by atoms with Gasteiger partial charge in [0.2, 0.25) is 15.9 Å². The van der Waals surface area contributed by atoms with Crippen molar-refractivity contribution in [3.63, 3.8) is 0 Å². The Morgan fingerprint density at radius 2 is 1.78 bits per heavy atom. The standard InChI is InChI=1S/C29H37FN4O6S/c30-24-4-2-1-3-21(24)19-32-10-7-29(8-11-32)9-14-40-26-17-22(33-12-15-39-16-13-33)5-6-27(26)41(37,38)34-20-23(35)18-25(34)28(36)31-29/h1-6,17,23,25,35H,7-16,18-20H2,(H,31,36)/t23-,25+/m1/s1. The van der Waals surface area contributed by atoms with Gasteiger partial charge in [-0.3, -0.25) is 9.69 Å². The summed E-state index contributed by atoms with van der Waals surface area (Å²) in [4.78, 5) is 18.0. The number of anilines is 1. The van der Waals surface area contributed by atoms with Gasteiger partial charge in [0, 0.05) is 75.0 Å². The summed E-state index contributed by atoms with van der Waals surface area (Å²) in [6.07, 6.45) is 0.795. The van der Waals surface area contributed by atoms with Gasteiger partial charge in [0.1, 0.15) is 22.5 Å².